The fraction of sp³-hybridized carbons (Fsp3) is 0.400. The predicted octanol–water partition coefficient (Wildman–Crippen LogP) is 2.46. The van der Waals surface area contributed by atoms with Gasteiger partial charge in [-0.1, -0.05) is 19.1 Å². The zero-order chi connectivity index (χ0) is 13.3. The normalized spacial score (nSPS) is 10.6. The molecule has 0 spiro atoms. The molecule has 0 aliphatic heterocycles. The van der Waals surface area contributed by atoms with Crippen molar-refractivity contribution in [3.05, 3.63) is 48.5 Å². The van der Waals surface area contributed by atoms with Crippen LogP contribution in [0.25, 0.3) is 0 Å². The fourth-order valence-electron chi connectivity index (χ4n) is 1.87. The van der Waals surface area contributed by atoms with Crippen molar-refractivity contribution in [2.24, 2.45) is 0 Å². The smallest absolute Gasteiger partial charge is 0.119 e. The average Bonchev–Trinajstić information content (AvgIpc) is 2.95. The molecular formula is C15H21N3O. The molecule has 19 heavy (non-hydrogen) atoms. The Labute approximate surface area is 114 Å². The maximum absolute atomic E-state index is 5.76. The first-order valence-corrected chi connectivity index (χ1v) is 6.76. The molecule has 0 saturated carbocycles. The summed E-state index contributed by atoms with van der Waals surface area (Å²) in [6.45, 7) is 5.65. The monoisotopic (exact) mass is 259 g/mol. The lowest BCUT2D eigenvalue weighted by Gasteiger charge is -2.08. The lowest BCUT2D eigenvalue weighted by molar-refractivity contribution is 0.301. The van der Waals surface area contributed by atoms with Gasteiger partial charge in [0.2, 0.25) is 0 Å². The molecule has 4 heteroatoms. The third-order valence-corrected chi connectivity index (χ3v) is 2.87. The molecule has 102 valence electrons. The van der Waals surface area contributed by atoms with Gasteiger partial charge in [-0.3, -0.25) is 0 Å². The van der Waals surface area contributed by atoms with E-state index in [0.717, 1.165) is 38.4 Å². The van der Waals surface area contributed by atoms with Gasteiger partial charge in [0.25, 0.3) is 0 Å². The average molecular weight is 259 g/mol. The molecule has 0 amide bonds. The number of imidazole rings is 1. The second kappa shape index (κ2) is 7.59. The standard InChI is InChI=1S/C15H21N3O/c1-2-16-12-14-5-3-6-15(11-14)19-10-4-8-18-9-7-17-13-18/h3,5-7,9,11,13,16H,2,4,8,10,12H2,1H3. The summed E-state index contributed by atoms with van der Waals surface area (Å²) in [5, 5.41) is 3.31. The molecule has 2 rings (SSSR count). The minimum absolute atomic E-state index is 0.725. The molecular weight excluding hydrogens is 238 g/mol. The van der Waals surface area contributed by atoms with Crippen LogP contribution in [0.4, 0.5) is 0 Å². The van der Waals surface area contributed by atoms with Gasteiger partial charge in [-0.15, -0.1) is 0 Å². The molecule has 4 nitrogen and oxygen atoms in total. The topological polar surface area (TPSA) is 39.1 Å². The highest BCUT2D eigenvalue weighted by Crippen LogP contribution is 2.13. The van der Waals surface area contributed by atoms with E-state index < -0.39 is 0 Å². The van der Waals surface area contributed by atoms with Crippen LogP contribution in [-0.4, -0.2) is 22.7 Å². The molecule has 0 aliphatic rings. The van der Waals surface area contributed by atoms with Crippen LogP contribution < -0.4 is 10.1 Å². The highest BCUT2D eigenvalue weighted by molar-refractivity contribution is 5.28. The highest BCUT2D eigenvalue weighted by Gasteiger charge is 1.97. The number of aryl methyl sites for hydroxylation is 1. The van der Waals surface area contributed by atoms with Gasteiger partial charge in [0, 0.05) is 25.5 Å². The van der Waals surface area contributed by atoms with Crippen molar-refractivity contribution in [2.75, 3.05) is 13.2 Å². The third kappa shape index (κ3) is 4.75. The van der Waals surface area contributed by atoms with Gasteiger partial charge in [0.1, 0.15) is 5.75 Å². The molecule has 1 heterocycles. The lowest BCUT2D eigenvalue weighted by atomic mass is 10.2. The summed E-state index contributed by atoms with van der Waals surface area (Å²) in [4.78, 5) is 4.01. The number of hydrogen-bond acceptors (Lipinski definition) is 3. The Morgan fingerprint density at radius 1 is 1.37 bits per heavy atom. The molecule has 0 bridgehead atoms. The number of nitrogens with one attached hydrogen (secondary N) is 1. The van der Waals surface area contributed by atoms with Crippen molar-refractivity contribution in [1.29, 1.82) is 0 Å². The SMILES string of the molecule is CCNCc1cccc(OCCCn2ccnc2)c1. The summed E-state index contributed by atoms with van der Waals surface area (Å²) in [6, 6.07) is 8.26. The summed E-state index contributed by atoms with van der Waals surface area (Å²) in [5.41, 5.74) is 1.26. The van der Waals surface area contributed by atoms with Gasteiger partial charge >= 0.3 is 0 Å². The van der Waals surface area contributed by atoms with Crippen LogP contribution in [-0.2, 0) is 13.1 Å². The molecule has 0 radical (unpaired) electrons. The molecule has 1 N–H and O–H groups in total. The number of ether oxygens (including phenoxy) is 1. The minimum atomic E-state index is 0.725. The van der Waals surface area contributed by atoms with Crippen LogP contribution in [0.5, 0.6) is 5.75 Å². The summed E-state index contributed by atoms with van der Waals surface area (Å²) < 4.78 is 7.82. The van der Waals surface area contributed by atoms with Gasteiger partial charge in [0.15, 0.2) is 0 Å². The maximum Gasteiger partial charge on any atom is 0.119 e. The minimum Gasteiger partial charge on any atom is -0.494 e. The summed E-state index contributed by atoms with van der Waals surface area (Å²) in [6.07, 6.45) is 6.58. The quantitative estimate of drug-likeness (QED) is 0.740. The third-order valence-electron chi connectivity index (χ3n) is 2.87. The molecule has 0 aliphatic carbocycles. The van der Waals surface area contributed by atoms with E-state index in [2.05, 4.69) is 33.9 Å². The molecule has 0 saturated heterocycles. The van der Waals surface area contributed by atoms with Crippen molar-refractivity contribution in [1.82, 2.24) is 14.9 Å². The second-order valence-corrected chi connectivity index (χ2v) is 4.43. The Morgan fingerprint density at radius 2 is 2.32 bits per heavy atom. The number of hydrogen-bond donors (Lipinski definition) is 1. The van der Waals surface area contributed by atoms with Gasteiger partial charge in [0.05, 0.1) is 12.9 Å². The van der Waals surface area contributed by atoms with E-state index in [1.54, 1.807) is 6.20 Å². The van der Waals surface area contributed by atoms with E-state index in [-0.39, 0.29) is 0 Å². The van der Waals surface area contributed by atoms with Crippen LogP contribution in [0.15, 0.2) is 43.0 Å². The molecule has 0 unspecified atom stereocenters. The molecule has 1 aromatic heterocycles. The predicted molar refractivity (Wildman–Crippen MR) is 76.2 cm³/mol. The fourth-order valence-corrected chi connectivity index (χ4v) is 1.87. The number of rotatable bonds is 8. The Bertz CT molecular complexity index is 468. The number of aromatic nitrogens is 2. The van der Waals surface area contributed by atoms with Gasteiger partial charge in [-0.25, -0.2) is 4.98 Å². The van der Waals surface area contributed by atoms with E-state index in [0.29, 0.717) is 0 Å². The largest absolute Gasteiger partial charge is 0.494 e. The second-order valence-electron chi connectivity index (χ2n) is 4.43. The highest BCUT2D eigenvalue weighted by atomic mass is 16.5. The van der Waals surface area contributed by atoms with Crippen molar-refractivity contribution in [3.8, 4) is 5.75 Å². The van der Waals surface area contributed by atoms with Crippen molar-refractivity contribution in [2.45, 2.75) is 26.4 Å². The first kappa shape index (κ1) is 13.6. The van der Waals surface area contributed by atoms with E-state index in [4.69, 9.17) is 4.74 Å². The van der Waals surface area contributed by atoms with Crippen LogP contribution in [0, 0.1) is 0 Å². The van der Waals surface area contributed by atoms with Crippen molar-refractivity contribution in [3.63, 3.8) is 0 Å². The van der Waals surface area contributed by atoms with E-state index >= 15 is 0 Å². The summed E-state index contributed by atoms with van der Waals surface area (Å²) >= 11 is 0. The van der Waals surface area contributed by atoms with E-state index in [1.807, 2.05) is 24.7 Å². The summed E-state index contributed by atoms with van der Waals surface area (Å²) in [7, 11) is 0. The first-order valence-electron chi connectivity index (χ1n) is 6.76. The zero-order valence-electron chi connectivity index (χ0n) is 11.4. The molecule has 2 aromatic rings. The van der Waals surface area contributed by atoms with Crippen LogP contribution in [0.3, 0.4) is 0 Å². The van der Waals surface area contributed by atoms with Gasteiger partial charge in [-0.2, -0.15) is 0 Å². The Hall–Kier alpha value is -1.81. The van der Waals surface area contributed by atoms with Gasteiger partial charge < -0.3 is 14.6 Å². The number of benzene rings is 1. The molecule has 0 atom stereocenters. The van der Waals surface area contributed by atoms with Crippen LogP contribution in [0.1, 0.15) is 18.9 Å². The Balaban J connectivity index is 1.73. The van der Waals surface area contributed by atoms with Crippen molar-refractivity contribution >= 4 is 0 Å². The Morgan fingerprint density at radius 3 is 3.11 bits per heavy atom. The Kier molecular flexibility index (Phi) is 5.44. The van der Waals surface area contributed by atoms with Crippen LogP contribution >= 0.6 is 0 Å². The van der Waals surface area contributed by atoms with Crippen molar-refractivity contribution < 1.29 is 4.74 Å². The maximum atomic E-state index is 5.76. The lowest BCUT2D eigenvalue weighted by Crippen LogP contribution is -2.11. The van der Waals surface area contributed by atoms with Gasteiger partial charge in [-0.05, 0) is 30.7 Å². The number of nitrogens with zero attached hydrogens (tertiary/aromatic N) is 2. The van der Waals surface area contributed by atoms with E-state index in [1.165, 1.54) is 5.56 Å². The zero-order valence-corrected chi connectivity index (χ0v) is 11.4. The molecule has 1 aromatic carbocycles. The first-order chi connectivity index (χ1) is 9.38. The summed E-state index contributed by atoms with van der Waals surface area (Å²) in [5.74, 6) is 0.945. The van der Waals surface area contributed by atoms with Crippen LogP contribution in [0.2, 0.25) is 0 Å². The molecule has 0 fully saturated rings. The van der Waals surface area contributed by atoms with E-state index in [9.17, 15) is 0 Å².